The van der Waals surface area contributed by atoms with Gasteiger partial charge in [0, 0.05) is 12.1 Å². The third-order valence-corrected chi connectivity index (χ3v) is 6.90. The Kier molecular flexibility index (Phi) is 11.8. The fraction of sp³-hybridized carbons (Fsp3) is 0.652. The predicted octanol–water partition coefficient (Wildman–Crippen LogP) is 4.61. The van der Waals surface area contributed by atoms with Crippen molar-refractivity contribution in [2.24, 2.45) is 11.3 Å². The SMILES string of the molecule is CCC(CC)COC(=O)[C@H](C)NP(=O)(N[C@@H](C)C(=O)OCC(C)(C)C)Oc1ccc([N+](=O)[O-])cc1. The molecule has 0 heterocycles. The second-order valence-corrected chi connectivity index (χ2v) is 11.4. The van der Waals surface area contributed by atoms with Gasteiger partial charge in [-0.3, -0.25) is 19.7 Å². The van der Waals surface area contributed by atoms with Crippen LogP contribution in [-0.4, -0.2) is 42.2 Å². The van der Waals surface area contributed by atoms with Crippen LogP contribution in [0.3, 0.4) is 0 Å². The Morgan fingerprint density at radius 3 is 1.91 bits per heavy atom. The van der Waals surface area contributed by atoms with Gasteiger partial charge in [-0.1, -0.05) is 47.5 Å². The largest absolute Gasteiger partial charge is 0.464 e. The van der Waals surface area contributed by atoms with Gasteiger partial charge in [0.15, 0.2) is 0 Å². The Morgan fingerprint density at radius 2 is 1.49 bits per heavy atom. The highest BCUT2D eigenvalue weighted by Gasteiger charge is 2.35. The maximum atomic E-state index is 13.7. The molecule has 0 fully saturated rings. The number of nitro benzene ring substituents is 1. The average molecular weight is 516 g/mol. The molecule has 0 spiro atoms. The van der Waals surface area contributed by atoms with Gasteiger partial charge < -0.3 is 14.0 Å². The van der Waals surface area contributed by atoms with Crippen LogP contribution < -0.4 is 14.7 Å². The number of esters is 2. The lowest BCUT2D eigenvalue weighted by Crippen LogP contribution is -2.43. The van der Waals surface area contributed by atoms with Crippen molar-refractivity contribution in [3.63, 3.8) is 0 Å². The molecular weight excluding hydrogens is 477 g/mol. The first-order chi connectivity index (χ1) is 16.2. The van der Waals surface area contributed by atoms with Crippen LogP contribution in [0.25, 0.3) is 0 Å². The standard InChI is InChI=1S/C23H38N3O8P/c1-8-18(9-2)14-32-21(27)16(3)24-35(31,25-17(4)22(28)33-15-23(5,6)7)34-20-12-10-19(11-13-20)26(29)30/h10-13,16-18H,8-9,14-15H2,1-7H3,(H2,24,25,31)/t16-,17-,35?/m0/s1. The number of ether oxygens (including phenoxy) is 2. The Balaban J connectivity index is 3.02. The van der Waals surface area contributed by atoms with E-state index < -0.39 is 36.6 Å². The van der Waals surface area contributed by atoms with Crippen molar-refractivity contribution in [1.82, 2.24) is 10.2 Å². The van der Waals surface area contributed by atoms with Gasteiger partial charge in [-0.15, -0.1) is 0 Å². The van der Waals surface area contributed by atoms with Crippen molar-refractivity contribution in [3.05, 3.63) is 34.4 Å². The van der Waals surface area contributed by atoms with E-state index in [9.17, 15) is 24.3 Å². The number of benzene rings is 1. The molecule has 3 atom stereocenters. The number of hydrogen-bond acceptors (Lipinski definition) is 8. The molecule has 0 radical (unpaired) electrons. The highest BCUT2D eigenvalue weighted by Crippen LogP contribution is 2.40. The van der Waals surface area contributed by atoms with Crippen LogP contribution in [0, 0.1) is 21.4 Å². The summed E-state index contributed by atoms with van der Waals surface area (Å²) in [5.41, 5.74) is -0.440. The maximum absolute atomic E-state index is 13.7. The Labute approximate surface area is 207 Å². The fourth-order valence-electron chi connectivity index (χ4n) is 2.74. The van der Waals surface area contributed by atoms with Crippen molar-refractivity contribution >= 4 is 25.3 Å². The summed E-state index contributed by atoms with van der Waals surface area (Å²) in [6.07, 6.45) is 1.70. The van der Waals surface area contributed by atoms with Crippen LogP contribution in [0.2, 0.25) is 0 Å². The van der Waals surface area contributed by atoms with Crippen LogP contribution in [0.1, 0.15) is 61.3 Å². The molecule has 0 saturated heterocycles. The molecule has 0 aromatic heterocycles. The van der Waals surface area contributed by atoms with Crippen LogP contribution in [0.15, 0.2) is 24.3 Å². The highest BCUT2D eigenvalue weighted by molar-refractivity contribution is 7.55. The molecule has 198 valence electrons. The quantitative estimate of drug-likeness (QED) is 0.156. The lowest BCUT2D eigenvalue weighted by atomic mass is 9.99. The van der Waals surface area contributed by atoms with E-state index in [1.165, 1.54) is 38.1 Å². The van der Waals surface area contributed by atoms with Crippen LogP contribution in [0.5, 0.6) is 5.75 Å². The van der Waals surface area contributed by atoms with Crippen molar-refractivity contribution < 1.29 is 33.1 Å². The molecule has 0 amide bonds. The Hall–Kier alpha value is -2.49. The zero-order valence-electron chi connectivity index (χ0n) is 21.5. The first-order valence-electron chi connectivity index (χ1n) is 11.6. The summed E-state index contributed by atoms with van der Waals surface area (Å²) >= 11 is 0. The Bertz CT molecular complexity index is 897. The molecule has 2 N–H and O–H groups in total. The summed E-state index contributed by atoms with van der Waals surface area (Å²) in [4.78, 5) is 35.3. The van der Waals surface area contributed by atoms with E-state index in [2.05, 4.69) is 10.2 Å². The van der Waals surface area contributed by atoms with Gasteiger partial charge in [0.2, 0.25) is 0 Å². The number of nitrogens with one attached hydrogen (secondary N) is 2. The minimum Gasteiger partial charge on any atom is -0.464 e. The van der Waals surface area contributed by atoms with Gasteiger partial charge in [0.1, 0.15) is 17.8 Å². The molecule has 1 rings (SSSR count). The molecule has 1 aromatic rings. The molecule has 11 nitrogen and oxygen atoms in total. The molecular formula is C23H38N3O8P. The van der Waals surface area contributed by atoms with E-state index in [1.54, 1.807) is 0 Å². The summed E-state index contributed by atoms with van der Waals surface area (Å²) in [5, 5.41) is 16.1. The molecule has 0 aliphatic carbocycles. The van der Waals surface area contributed by atoms with E-state index in [1.807, 2.05) is 34.6 Å². The van der Waals surface area contributed by atoms with E-state index in [0.29, 0.717) is 0 Å². The molecule has 1 unspecified atom stereocenters. The molecule has 0 bridgehead atoms. The lowest BCUT2D eigenvalue weighted by molar-refractivity contribution is -0.384. The van der Waals surface area contributed by atoms with Crippen LogP contribution >= 0.6 is 7.67 Å². The maximum Gasteiger partial charge on any atom is 0.391 e. The van der Waals surface area contributed by atoms with Gasteiger partial charge in [-0.05, 0) is 37.3 Å². The van der Waals surface area contributed by atoms with E-state index >= 15 is 0 Å². The van der Waals surface area contributed by atoms with Gasteiger partial charge in [-0.25, -0.2) is 14.7 Å². The number of nitro groups is 1. The zero-order valence-corrected chi connectivity index (χ0v) is 22.4. The van der Waals surface area contributed by atoms with Crippen molar-refractivity contribution in [1.29, 1.82) is 0 Å². The van der Waals surface area contributed by atoms with E-state index in [4.69, 9.17) is 14.0 Å². The predicted molar refractivity (Wildman–Crippen MR) is 132 cm³/mol. The van der Waals surface area contributed by atoms with Crippen molar-refractivity contribution in [2.75, 3.05) is 13.2 Å². The number of carbonyl (C=O) groups is 2. The number of nitrogens with zero attached hydrogens (tertiary/aromatic N) is 1. The second-order valence-electron chi connectivity index (χ2n) is 9.58. The van der Waals surface area contributed by atoms with Gasteiger partial charge in [-0.2, -0.15) is 0 Å². The number of carbonyl (C=O) groups excluding carboxylic acids is 2. The topological polar surface area (TPSA) is 146 Å². The second kappa shape index (κ2) is 13.6. The Morgan fingerprint density at radius 1 is 1.00 bits per heavy atom. The number of hydrogen-bond donors (Lipinski definition) is 2. The normalized spacial score (nSPS) is 15.1. The monoisotopic (exact) mass is 515 g/mol. The number of rotatable bonds is 14. The fourth-order valence-corrected chi connectivity index (χ4v) is 4.57. The van der Waals surface area contributed by atoms with Crippen molar-refractivity contribution in [3.8, 4) is 5.75 Å². The first kappa shape index (κ1) is 30.5. The summed E-state index contributed by atoms with van der Waals surface area (Å²) < 4.78 is 29.9. The molecule has 0 aliphatic rings. The molecule has 0 aliphatic heterocycles. The molecule has 1 aromatic carbocycles. The lowest BCUT2D eigenvalue weighted by Gasteiger charge is -2.27. The van der Waals surface area contributed by atoms with E-state index in [-0.39, 0.29) is 36.0 Å². The minimum atomic E-state index is -4.10. The van der Waals surface area contributed by atoms with Gasteiger partial charge >= 0.3 is 19.6 Å². The number of non-ortho nitro benzene ring substituents is 1. The summed E-state index contributed by atoms with van der Waals surface area (Å²) in [7, 11) is -4.10. The summed E-state index contributed by atoms with van der Waals surface area (Å²) in [5.74, 6) is -1.04. The summed E-state index contributed by atoms with van der Waals surface area (Å²) in [6.45, 7) is 13.0. The van der Waals surface area contributed by atoms with Gasteiger partial charge in [0.25, 0.3) is 5.69 Å². The molecule has 12 heteroatoms. The zero-order chi connectivity index (χ0) is 26.8. The van der Waals surface area contributed by atoms with Gasteiger partial charge in [0.05, 0.1) is 18.1 Å². The average Bonchev–Trinajstić information content (AvgIpc) is 2.77. The van der Waals surface area contributed by atoms with E-state index in [0.717, 1.165) is 12.8 Å². The highest BCUT2D eigenvalue weighted by atomic mass is 31.2. The third kappa shape index (κ3) is 11.2. The van der Waals surface area contributed by atoms with Crippen LogP contribution in [-0.2, 0) is 23.6 Å². The van der Waals surface area contributed by atoms with Crippen molar-refractivity contribution in [2.45, 2.75) is 73.4 Å². The smallest absolute Gasteiger partial charge is 0.391 e. The third-order valence-electron chi connectivity index (χ3n) is 4.98. The summed E-state index contributed by atoms with van der Waals surface area (Å²) in [6, 6.07) is 2.82. The van der Waals surface area contributed by atoms with Crippen LogP contribution in [0.4, 0.5) is 5.69 Å². The first-order valence-corrected chi connectivity index (χ1v) is 13.2. The molecule has 35 heavy (non-hydrogen) atoms. The molecule has 0 saturated carbocycles. The minimum absolute atomic E-state index is 0.0341.